The third kappa shape index (κ3) is 2.71. The lowest BCUT2D eigenvalue weighted by molar-refractivity contribution is -0.119. The first-order valence-corrected chi connectivity index (χ1v) is 7.87. The van der Waals surface area contributed by atoms with Gasteiger partial charge < -0.3 is 19.9 Å². The minimum absolute atomic E-state index is 0.0505. The molecule has 2 heterocycles. The van der Waals surface area contributed by atoms with Crippen LogP contribution in [0, 0.1) is 0 Å². The van der Waals surface area contributed by atoms with Crippen LogP contribution in [0.4, 0.5) is 0 Å². The van der Waals surface area contributed by atoms with E-state index in [1.807, 2.05) is 30.3 Å². The second-order valence-electron chi connectivity index (χ2n) is 5.82. The first-order chi connectivity index (χ1) is 12.1. The second kappa shape index (κ2) is 5.98. The van der Waals surface area contributed by atoms with Gasteiger partial charge in [0.1, 0.15) is 11.3 Å². The summed E-state index contributed by atoms with van der Waals surface area (Å²) >= 11 is 0. The molecule has 2 aromatic carbocycles. The quantitative estimate of drug-likeness (QED) is 0.769. The van der Waals surface area contributed by atoms with Crippen LogP contribution in [0.15, 0.2) is 48.7 Å². The number of nitrogens with one attached hydrogen (secondary N) is 1. The molecule has 0 spiro atoms. The normalized spacial score (nSPS) is 13.6. The van der Waals surface area contributed by atoms with Crippen LogP contribution in [0.2, 0.25) is 0 Å². The van der Waals surface area contributed by atoms with Gasteiger partial charge in [-0.25, -0.2) is 0 Å². The number of aromatic nitrogens is 1. The van der Waals surface area contributed by atoms with Gasteiger partial charge in [-0.05, 0) is 23.8 Å². The van der Waals surface area contributed by atoms with Crippen LogP contribution >= 0.6 is 0 Å². The lowest BCUT2D eigenvalue weighted by Gasteiger charge is -2.21. The van der Waals surface area contributed by atoms with Gasteiger partial charge >= 0.3 is 0 Å². The van der Waals surface area contributed by atoms with Crippen molar-refractivity contribution in [2.45, 2.75) is 13.0 Å². The molecule has 25 heavy (non-hydrogen) atoms. The average molecular weight is 336 g/mol. The molecule has 1 aliphatic heterocycles. The SMILES string of the molecule is CC(=O)N[C@@H](c1ccc2c(c1)OCO2)c1ccc2cccnc2c1O. The van der Waals surface area contributed by atoms with Crippen LogP contribution < -0.4 is 14.8 Å². The van der Waals surface area contributed by atoms with Crippen LogP contribution in [0.25, 0.3) is 10.9 Å². The van der Waals surface area contributed by atoms with E-state index in [1.54, 1.807) is 18.3 Å². The highest BCUT2D eigenvalue weighted by atomic mass is 16.7. The van der Waals surface area contributed by atoms with E-state index in [4.69, 9.17) is 9.47 Å². The molecule has 0 bridgehead atoms. The summed E-state index contributed by atoms with van der Waals surface area (Å²) in [5.41, 5.74) is 1.85. The van der Waals surface area contributed by atoms with Gasteiger partial charge in [0.25, 0.3) is 0 Å². The van der Waals surface area contributed by atoms with Crippen molar-refractivity contribution in [1.29, 1.82) is 0 Å². The summed E-state index contributed by atoms with van der Waals surface area (Å²) in [4.78, 5) is 16.0. The molecule has 0 saturated carbocycles. The average Bonchev–Trinajstić information content (AvgIpc) is 3.08. The summed E-state index contributed by atoms with van der Waals surface area (Å²) in [7, 11) is 0. The smallest absolute Gasteiger partial charge is 0.231 e. The summed E-state index contributed by atoms with van der Waals surface area (Å²) in [6.07, 6.45) is 1.62. The Balaban J connectivity index is 1.85. The van der Waals surface area contributed by atoms with Crippen molar-refractivity contribution in [2.24, 2.45) is 0 Å². The molecule has 1 aliphatic rings. The minimum atomic E-state index is -0.529. The Bertz CT molecular complexity index is 971. The first kappa shape index (κ1) is 15.3. The van der Waals surface area contributed by atoms with Crippen LogP contribution in [0.1, 0.15) is 24.1 Å². The summed E-state index contributed by atoms with van der Waals surface area (Å²) in [6.45, 7) is 1.62. The Morgan fingerprint density at radius 3 is 2.88 bits per heavy atom. The number of nitrogens with zero attached hydrogens (tertiary/aromatic N) is 1. The molecule has 0 unspecified atom stereocenters. The molecule has 2 N–H and O–H groups in total. The number of carbonyl (C=O) groups is 1. The Hall–Kier alpha value is -3.28. The highest BCUT2D eigenvalue weighted by Crippen LogP contribution is 2.39. The fraction of sp³-hybridized carbons (Fsp3) is 0.158. The van der Waals surface area contributed by atoms with Gasteiger partial charge in [0.15, 0.2) is 11.5 Å². The molecule has 6 heteroatoms. The standard InChI is InChI=1S/C19H16N2O4/c1-11(22)21-17(13-5-7-15-16(9-13)25-10-24-15)14-6-4-12-3-2-8-20-18(12)19(14)23/h2-9,17,23H,10H2,1H3,(H,21,22)/t17-/m0/s1. The summed E-state index contributed by atoms with van der Waals surface area (Å²) < 4.78 is 10.8. The van der Waals surface area contributed by atoms with Crippen LogP contribution in [-0.2, 0) is 4.79 Å². The second-order valence-corrected chi connectivity index (χ2v) is 5.82. The number of amides is 1. The zero-order valence-electron chi connectivity index (χ0n) is 13.5. The molecule has 4 rings (SSSR count). The van der Waals surface area contributed by atoms with Gasteiger partial charge in [-0.2, -0.15) is 0 Å². The van der Waals surface area contributed by atoms with Gasteiger partial charge in [0.2, 0.25) is 12.7 Å². The van der Waals surface area contributed by atoms with E-state index < -0.39 is 6.04 Å². The number of pyridine rings is 1. The van der Waals surface area contributed by atoms with E-state index in [-0.39, 0.29) is 18.4 Å². The van der Waals surface area contributed by atoms with E-state index >= 15 is 0 Å². The van der Waals surface area contributed by atoms with Gasteiger partial charge in [-0.15, -0.1) is 0 Å². The monoisotopic (exact) mass is 336 g/mol. The van der Waals surface area contributed by atoms with E-state index in [1.165, 1.54) is 6.92 Å². The van der Waals surface area contributed by atoms with E-state index in [9.17, 15) is 9.90 Å². The van der Waals surface area contributed by atoms with E-state index in [0.29, 0.717) is 22.6 Å². The van der Waals surface area contributed by atoms with Crippen LogP contribution in [0.5, 0.6) is 17.2 Å². The molecule has 0 saturated heterocycles. The predicted molar refractivity (Wildman–Crippen MR) is 91.6 cm³/mol. The summed E-state index contributed by atoms with van der Waals surface area (Å²) in [5, 5.41) is 14.4. The number of hydrogen-bond donors (Lipinski definition) is 2. The van der Waals surface area contributed by atoms with Crippen molar-refractivity contribution in [3.8, 4) is 17.2 Å². The Kier molecular flexibility index (Phi) is 3.65. The third-order valence-corrected chi connectivity index (χ3v) is 4.17. The number of benzene rings is 2. The largest absolute Gasteiger partial charge is 0.505 e. The zero-order chi connectivity index (χ0) is 17.4. The summed E-state index contributed by atoms with van der Waals surface area (Å²) in [6, 6.07) is 12.3. The number of phenolic OH excluding ortho intramolecular Hbond substituents is 1. The molecule has 0 aliphatic carbocycles. The third-order valence-electron chi connectivity index (χ3n) is 4.17. The molecule has 6 nitrogen and oxygen atoms in total. The van der Waals surface area contributed by atoms with Crippen molar-refractivity contribution in [2.75, 3.05) is 6.79 Å². The van der Waals surface area contributed by atoms with Gasteiger partial charge in [-0.1, -0.05) is 24.3 Å². The molecule has 3 aromatic rings. The lowest BCUT2D eigenvalue weighted by Crippen LogP contribution is -2.27. The van der Waals surface area contributed by atoms with Gasteiger partial charge in [0, 0.05) is 24.1 Å². The predicted octanol–water partition coefficient (Wildman–Crippen LogP) is 2.89. The van der Waals surface area contributed by atoms with Gasteiger partial charge in [0.05, 0.1) is 6.04 Å². The molecule has 126 valence electrons. The number of hydrogen-bond acceptors (Lipinski definition) is 5. The fourth-order valence-corrected chi connectivity index (χ4v) is 3.01. The number of phenols is 1. The number of fused-ring (bicyclic) bond motifs is 2. The Morgan fingerprint density at radius 2 is 2.04 bits per heavy atom. The molecule has 1 atom stereocenters. The molecule has 1 amide bonds. The Labute approximate surface area is 144 Å². The first-order valence-electron chi connectivity index (χ1n) is 7.87. The topological polar surface area (TPSA) is 80.7 Å². The maximum atomic E-state index is 11.7. The number of aromatic hydroxyl groups is 1. The molecule has 1 aromatic heterocycles. The lowest BCUT2D eigenvalue weighted by atomic mass is 9.96. The number of carbonyl (C=O) groups excluding carboxylic acids is 1. The van der Waals surface area contributed by atoms with Gasteiger partial charge in [-0.3, -0.25) is 9.78 Å². The van der Waals surface area contributed by atoms with Crippen molar-refractivity contribution in [3.63, 3.8) is 0 Å². The van der Waals surface area contributed by atoms with Crippen molar-refractivity contribution >= 4 is 16.8 Å². The van der Waals surface area contributed by atoms with Crippen molar-refractivity contribution in [3.05, 3.63) is 59.8 Å². The molecular formula is C19H16N2O4. The Morgan fingerprint density at radius 1 is 1.20 bits per heavy atom. The maximum absolute atomic E-state index is 11.7. The van der Waals surface area contributed by atoms with Crippen LogP contribution in [0.3, 0.4) is 0 Å². The maximum Gasteiger partial charge on any atom is 0.231 e. The fourth-order valence-electron chi connectivity index (χ4n) is 3.01. The number of rotatable bonds is 3. The number of ether oxygens (including phenoxy) is 2. The highest BCUT2D eigenvalue weighted by Gasteiger charge is 2.23. The van der Waals surface area contributed by atoms with Crippen molar-refractivity contribution < 1.29 is 19.4 Å². The minimum Gasteiger partial charge on any atom is -0.505 e. The van der Waals surface area contributed by atoms with Crippen LogP contribution in [-0.4, -0.2) is 22.8 Å². The van der Waals surface area contributed by atoms with Crippen molar-refractivity contribution in [1.82, 2.24) is 10.3 Å². The summed E-state index contributed by atoms with van der Waals surface area (Å²) in [5.74, 6) is 1.12. The zero-order valence-corrected chi connectivity index (χ0v) is 13.5. The van der Waals surface area contributed by atoms with E-state index in [2.05, 4.69) is 10.3 Å². The highest BCUT2D eigenvalue weighted by molar-refractivity contribution is 5.86. The molecule has 0 radical (unpaired) electrons. The molecule has 0 fully saturated rings. The molecular weight excluding hydrogens is 320 g/mol. The van der Waals surface area contributed by atoms with E-state index in [0.717, 1.165) is 10.9 Å².